The number of halogens is 1. The zero-order valence-corrected chi connectivity index (χ0v) is 10.2. The van der Waals surface area contributed by atoms with Crippen molar-refractivity contribution in [3.63, 3.8) is 0 Å². The molecule has 2 N–H and O–H groups in total. The van der Waals surface area contributed by atoms with Crippen molar-refractivity contribution in [2.24, 2.45) is 0 Å². The molecule has 2 heterocycles. The first-order chi connectivity index (χ1) is 8.08. The first-order valence-electron chi connectivity index (χ1n) is 5.02. The zero-order valence-electron chi connectivity index (χ0n) is 9.41. The molecule has 0 unspecified atom stereocenters. The highest BCUT2D eigenvalue weighted by Gasteiger charge is 2.15. The number of hydrogen-bond acceptors (Lipinski definition) is 3. The molecule has 0 radical (unpaired) electrons. The number of aromatic nitrogens is 3. The molecule has 0 saturated heterocycles. The highest BCUT2D eigenvalue weighted by molar-refractivity contribution is 6.30. The highest BCUT2D eigenvalue weighted by atomic mass is 35.5. The van der Waals surface area contributed by atoms with E-state index >= 15 is 0 Å². The van der Waals surface area contributed by atoms with Crippen LogP contribution in [0.25, 0.3) is 0 Å². The topological polar surface area (TPSA) is 70.7 Å². The van der Waals surface area contributed by atoms with Crippen LogP contribution in [-0.2, 0) is 0 Å². The van der Waals surface area contributed by atoms with Crippen LogP contribution in [-0.4, -0.2) is 21.1 Å². The number of aromatic amines is 1. The van der Waals surface area contributed by atoms with Crippen LogP contribution in [0.1, 0.15) is 21.7 Å². The summed E-state index contributed by atoms with van der Waals surface area (Å²) in [6.07, 6.45) is 1.48. The van der Waals surface area contributed by atoms with Gasteiger partial charge in [-0.05, 0) is 26.0 Å². The molecule has 5 nitrogen and oxygen atoms in total. The van der Waals surface area contributed by atoms with Crippen molar-refractivity contribution in [2.75, 3.05) is 5.32 Å². The minimum atomic E-state index is -0.233. The van der Waals surface area contributed by atoms with Crippen LogP contribution in [0.15, 0.2) is 18.3 Å². The largest absolute Gasteiger partial charge is 0.306 e. The summed E-state index contributed by atoms with van der Waals surface area (Å²) in [4.78, 5) is 16.0. The maximum atomic E-state index is 12.0. The number of anilines is 1. The maximum absolute atomic E-state index is 12.0. The van der Waals surface area contributed by atoms with Crippen LogP contribution in [0.3, 0.4) is 0 Å². The third kappa shape index (κ3) is 2.45. The molecule has 0 atom stereocenters. The Balaban J connectivity index is 2.20. The summed E-state index contributed by atoms with van der Waals surface area (Å²) in [5.41, 5.74) is 1.93. The van der Waals surface area contributed by atoms with Crippen LogP contribution < -0.4 is 5.32 Å². The lowest BCUT2D eigenvalue weighted by atomic mass is 10.2. The standard InChI is InChI=1S/C11H11ClN4O/c1-6-10(7(2)16-15-6)11(17)14-9-4-3-8(12)5-13-9/h3-5H,1-2H3,(H,15,16)(H,13,14,17). The molecule has 0 fully saturated rings. The second-order valence-corrected chi connectivity index (χ2v) is 4.06. The fourth-order valence-electron chi connectivity index (χ4n) is 1.51. The molecule has 17 heavy (non-hydrogen) atoms. The molecule has 2 rings (SSSR count). The summed E-state index contributed by atoms with van der Waals surface area (Å²) in [6, 6.07) is 3.31. The van der Waals surface area contributed by atoms with Crippen molar-refractivity contribution < 1.29 is 4.79 Å². The van der Waals surface area contributed by atoms with Crippen LogP contribution in [0.2, 0.25) is 5.02 Å². The van der Waals surface area contributed by atoms with Gasteiger partial charge in [0.15, 0.2) is 0 Å². The number of nitrogens with zero attached hydrogens (tertiary/aromatic N) is 2. The predicted molar refractivity (Wildman–Crippen MR) is 65.3 cm³/mol. The number of aryl methyl sites for hydroxylation is 2. The third-order valence-corrected chi connectivity index (χ3v) is 2.55. The van der Waals surface area contributed by atoms with E-state index in [1.807, 2.05) is 0 Å². The van der Waals surface area contributed by atoms with E-state index in [9.17, 15) is 4.79 Å². The fraction of sp³-hybridized carbons (Fsp3) is 0.182. The van der Waals surface area contributed by atoms with Crippen molar-refractivity contribution in [3.8, 4) is 0 Å². The summed E-state index contributed by atoms with van der Waals surface area (Å²) in [5, 5.41) is 9.94. The van der Waals surface area contributed by atoms with Gasteiger partial charge in [-0.25, -0.2) is 4.98 Å². The Bertz CT molecular complexity index is 528. The minimum Gasteiger partial charge on any atom is -0.306 e. The Morgan fingerprint density at radius 2 is 2.18 bits per heavy atom. The smallest absolute Gasteiger partial charge is 0.260 e. The van der Waals surface area contributed by atoms with Gasteiger partial charge in [-0.15, -0.1) is 0 Å². The monoisotopic (exact) mass is 250 g/mol. The molecule has 0 aromatic carbocycles. The first kappa shape index (κ1) is 11.6. The van der Waals surface area contributed by atoms with Gasteiger partial charge < -0.3 is 5.32 Å². The lowest BCUT2D eigenvalue weighted by molar-refractivity contribution is 0.102. The van der Waals surface area contributed by atoms with Gasteiger partial charge in [0.05, 0.1) is 16.3 Å². The van der Waals surface area contributed by atoms with Gasteiger partial charge in [-0.3, -0.25) is 9.89 Å². The molecule has 0 aliphatic heterocycles. The molecular weight excluding hydrogens is 240 g/mol. The number of carbonyl (C=O) groups is 1. The van der Waals surface area contributed by atoms with Crippen molar-refractivity contribution in [3.05, 3.63) is 40.3 Å². The van der Waals surface area contributed by atoms with Gasteiger partial charge in [0, 0.05) is 11.9 Å². The number of H-pyrrole nitrogens is 1. The van der Waals surface area contributed by atoms with Gasteiger partial charge in [0.2, 0.25) is 0 Å². The average molecular weight is 251 g/mol. The predicted octanol–water partition coefficient (Wildman–Crippen LogP) is 2.33. The lowest BCUT2D eigenvalue weighted by Crippen LogP contribution is -2.14. The molecule has 2 aromatic rings. The quantitative estimate of drug-likeness (QED) is 0.859. The number of rotatable bonds is 2. The van der Waals surface area contributed by atoms with E-state index in [4.69, 9.17) is 11.6 Å². The van der Waals surface area contributed by atoms with E-state index in [-0.39, 0.29) is 5.91 Å². The first-order valence-corrected chi connectivity index (χ1v) is 5.40. The lowest BCUT2D eigenvalue weighted by Gasteiger charge is -2.04. The molecule has 0 spiro atoms. The second kappa shape index (κ2) is 4.55. The molecule has 0 aliphatic rings. The van der Waals surface area contributed by atoms with Crippen molar-refractivity contribution in [1.29, 1.82) is 0 Å². The zero-order chi connectivity index (χ0) is 12.4. The van der Waals surface area contributed by atoms with Gasteiger partial charge in [0.25, 0.3) is 5.91 Å². The van der Waals surface area contributed by atoms with Crippen LogP contribution in [0.4, 0.5) is 5.82 Å². The van der Waals surface area contributed by atoms with Crippen LogP contribution in [0.5, 0.6) is 0 Å². The summed E-state index contributed by atoms with van der Waals surface area (Å²) < 4.78 is 0. The number of nitrogens with one attached hydrogen (secondary N) is 2. The van der Waals surface area contributed by atoms with Crippen LogP contribution in [0, 0.1) is 13.8 Å². The molecule has 88 valence electrons. The van der Waals surface area contributed by atoms with E-state index in [1.54, 1.807) is 26.0 Å². The Labute approximate surface area is 103 Å². The Kier molecular flexibility index (Phi) is 3.10. The molecule has 6 heteroatoms. The van der Waals surface area contributed by atoms with E-state index in [0.29, 0.717) is 22.1 Å². The van der Waals surface area contributed by atoms with Crippen molar-refractivity contribution in [2.45, 2.75) is 13.8 Å². The van der Waals surface area contributed by atoms with Crippen molar-refractivity contribution in [1.82, 2.24) is 15.2 Å². The van der Waals surface area contributed by atoms with E-state index < -0.39 is 0 Å². The number of amides is 1. The normalized spacial score (nSPS) is 10.3. The van der Waals surface area contributed by atoms with Gasteiger partial charge in [-0.1, -0.05) is 11.6 Å². The van der Waals surface area contributed by atoms with E-state index in [0.717, 1.165) is 5.69 Å². The summed E-state index contributed by atoms with van der Waals surface area (Å²) in [5.74, 6) is 0.225. The minimum absolute atomic E-state index is 0.233. The summed E-state index contributed by atoms with van der Waals surface area (Å²) in [7, 11) is 0. The van der Waals surface area contributed by atoms with E-state index in [2.05, 4.69) is 20.5 Å². The Hall–Kier alpha value is -1.88. The molecule has 2 aromatic heterocycles. The second-order valence-electron chi connectivity index (χ2n) is 3.62. The van der Waals surface area contributed by atoms with Gasteiger partial charge in [0.1, 0.15) is 5.82 Å². The van der Waals surface area contributed by atoms with Crippen molar-refractivity contribution >= 4 is 23.3 Å². The SMILES string of the molecule is Cc1n[nH]c(C)c1C(=O)Nc1ccc(Cl)cn1. The van der Waals surface area contributed by atoms with Gasteiger partial charge in [-0.2, -0.15) is 5.10 Å². The third-order valence-electron chi connectivity index (χ3n) is 2.32. The Morgan fingerprint density at radius 3 is 2.71 bits per heavy atom. The summed E-state index contributed by atoms with van der Waals surface area (Å²) >= 11 is 5.71. The molecule has 1 amide bonds. The number of pyridine rings is 1. The van der Waals surface area contributed by atoms with Crippen LogP contribution >= 0.6 is 11.6 Å². The molecular formula is C11H11ClN4O. The summed E-state index contributed by atoms with van der Waals surface area (Å²) in [6.45, 7) is 3.57. The number of hydrogen-bond donors (Lipinski definition) is 2. The molecule has 0 bridgehead atoms. The van der Waals surface area contributed by atoms with E-state index in [1.165, 1.54) is 6.20 Å². The molecule has 0 aliphatic carbocycles. The maximum Gasteiger partial charge on any atom is 0.260 e. The fourth-order valence-corrected chi connectivity index (χ4v) is 1.63. The van der Waals surface area contributed by atoms with Gasteiger partial charge >= 0.3 is 0 Å². The number of carbonyl (C=O) groups excluding carboxylic acids is 1. The highest BCUT2D eigenvalue weighted by Crippen LogP contribution is 2.13. The Morgan fingerprint density at radius 1 is 1.41 bits per heavy atom. The average Bonchev–Trinajstić information content (AvgIpc) is 2.62. The molecule has 0 saturated carbocycles.